The lowest BCUT2D eigenvalue weighted by Crippen LogP contribution is -2.50. The fraction of sp³-hybridized carbons (Fsp3) is 0.375. The van der Waals surface area contributed by atoms with Gasteiger partial charge in [-0.25, -0.2) is 0 Å². The number of carboxylic acids is 1. The van der Waals surface area contributed by atoms with Gasteiger partial charge >= 0.3 is 5.97 Å². The standard InChI is InChI=1S/C16H20N2O3/c1-3-18-16(2,15(19)20)9-11-21-14-8-4-7-13-12(14)6-5-10-17-13/h4-8,10,18H,3,9,11H2,1-2H3,(H,19,20). The van der Waals surface area contributed by atoms with Gasteiger partial charge in [0.05, 0.1) is 12.1 Å². The van der Waals surface area contributed by atoms with Crippen molar-refractivity contribution >= 4 is 16.9 Å². The van der Waals surface area contributed by atoms with Gasteiger partial charge in [-0.15, -0.1) is 0 Å². The number of aromatic nitrogens is 1. The molecule has 1 atom stereocenters. The molecule has 2 N–H and O–H groups in total. The van der Waals surface area contributed by atoms with Crippen molar-refractivity contribution in [2.24, 2.45) is 0 Å². The van der Waals surface area contributed by atoms with Crippen LogP contribution in [-0.4, -0.2) is 34.8 Å². The first-order chi connectivity index (χ1) is 10.1. The van der Waals surface area contributed by atoms with E-state index in [1.165, 1.54) is 0 Å². The van der Waals surface area contributed by atoms with Crippen LogP contribution >= 0.6 is 0 Å². The molecule has 0 aliphatic heterocycles. The number of aliphatic carboxylic acids is 1. The van der Waals surface area contributed by atoms with Crippen molar-refractivity contribution in [3.63, 3.8) is 0 Å². The number of nitrogens with one attached hydrogen (secondary N) is 1. The van der Waals surface area contributed by atoms with Gasteiger partial charge in [0.1, 0.15) is 11.3 Å². The van der Waals surface area contributed by atoms with Crippen molar-refractivity contribution < 1.29 is 14.6 Å². The maximum Gasteiger partial charge on any atom is 0.323 e. The molecular weight excluding hydrogens is 268 g/mol. The lowest BCUT2D eigenvalue weighted by Gasteiger charge is -2.25. The first-order valence-electron chi connectivity index (χ1n) is 7.02. The minimum absolute atomic E-state index is 0.323. The highest BCUT2D eigenvalue weighted by molar-refractivity contribution is 5.84. The number of ether oxygens (including phenoxy) is 1. The molecule has 2 rings (SSSR count). The summed E-state index contributed by atoms with van der Waals surface area (Å²) in [7, 11) is 0. The molecule has 1 unspecified atom stereocenters. The second kappa shape index (κ2) is 6.54. The van der Waals surface area contributed by atoms with Crippen LogP contribution in [0.1, 0.15) is 20.3 Å². The zero-order chi connectivity index (χ0) is 15.3. The fourth-order valence-corrected chi connectivity index (χ4v) is 2.23. The second-order valence-corrected chi connectivity index (χ2v) is 5.09. The molecule has 0 spiro atoms. The van der Waals surface area contributed by atoms with Gasteiger partial charge < -0.3 is 15.2 Å². The molecule has 0 amide bonds. The molecule has 1 aromatic heterocycles. The number of likely N-dealkylation sites (N-methyl/N-ethyl adjacent to an activating group) is 1. The van der Waals surface area contributed by atoms with Crippen molar-refractivity contribution in [2.75, 3.05) is 13.2 Å². The van der Waals surface area contributed by atoms with Crippen LogP contribution in [0, 0.1) is 0 Å². The average molecular weight is 288 g/mol. The van der Waals surface area contributed by atoms with Crippen LogP contribution in [0.2, 0.25) is 0 Å². The van der Waals surface area contributed by atoms with E-state index in [2.05, 4.69) is 10.3 Å². The van der Waals surface area contributed by atoms with Crippen molar-refractivity contribution in [1.29, 1.82) is 0 Å². The summed E-state index contributed by atoms with van der Waals surface area (Å²) in [4.78, 5) is 15.6. The maximum atomic E-state index is 11.3. The van der Waals surface area contributed by atoms with Crippen molar-refractivity contribution in [2.45, 2.75) is 25.8 Å². The van der Waals surface area contributed by atoms with E-state index in [9.17, 15) is 9.90 Å². The summed E-state index contributed by atoms with van der Waals surface area (Å²) in [5.74, 6) is -0.141. The molecule has 2 aromatic rings. The molecule has 0 aliphatic carbocycles. The van der Waals surface area contributed by atoms with Gasteiger partial charge in [-0.2, -0.15) is 0 Å². The molecular formula is C16H20N2O3. The zero-order valence-corrected chi connectivity index (χ0v) is 12.3. The van der Waals surface area contributed by atoms with Crippen LogP contribution < -0.4 is 10.1 Å². The molecule has 0 saturated carbocycles. The number of pyridine rings is 1. The summed E-state index contributed by atoms with van der Waals surface area (Å²) in [5.41, 5.74) is -0.111. The van der Waals surface area contributed by atoms with E-state index in [1.54, 1.807) is 13.1 Å². The van der Waals surface area contributed by atoms with E-state index in [0.717, 1.165) is 16.7 Å². The Morgan fingerprint density at radius 1 is 1.38 bits per heavy atom. The molecule has 1 heterocycles. The smallest absolute Gasteiger partial charge is 0.323 e. The minimum Gasteiger partial charge on any atom is -0.493 e. The summed E-state index contributed by atoms with van der Waals surface area (Å²) in [6, 6.07) is 9.47. The van der Waals surface area contributed by atoms with Gasteiger partial charge in [0, 0.05) is 18.0 Å². The average Bonchev–Trinajstić information content (AvgIpc) is 2.47. The Morgan fingerprint density at radius 2 is 2.19 bits per heavy atom. The lowest BCUT2D eigenvalue weighted by atomic mass is 9.98. The van der Waals surface area contributed by atoms with Gasteiger partial charge in [0.25, 0.3) is 0 Å². The molecule has 0 radical (unpaired) electrons. The van der Waals surface area contributed by atoms with Crippen LogP contribution in [0.4, 0.5) is 0 Å². The maximum absolute atomic E-state index is 11.3. The minimum atomic E-state index is -0.975. The monoisotopic (exact) mass is 288 g/mol. The summed E-state index contributed by atoms with van der Waals surface area (Å²) in [6.07, 6.45) is 2.12. The van der Waals surface area contributed by atoms with Crippen molar-refractivity contribution in [1.82, 2.24) is 10.3 Å². The molecule has 1 aromatic carbocycles. The number of benzene rings is 1. The van der Waals surface area contributed by atoms with E-state index in [1.807, 2.05) is 37.3 Å². The SMILES string of the molecule is CCNC(C)(CCOc1cccc2ncccc12)C(=O)O. The Hall–Kier alpha value is -2.14. The van der Waals surface area contributed by atoms with E-state index >= 15 is 0 Å². The fourth-order valence-electron chi connectivity index (χ4n) is 2.23. The highest BCUT2D eigenvalue weighted by Gasteiger charge is 2.31. The van der Waals surface area contributed by atoms with E-state index in [-0.39, 0.29) is 0 Å². The Bertz CT molecular complexity index is 624. The molecule has 21 heavy (non-hydrogen) atoms. The molecule has 5 nitrogen and oxygen atoms in total. The highest BCUT2D eigenvalue weighted by Crippen LogP contribution is 2.24. The number of fused-ring (bicyclic) bond motifs is 1. The molecule has 0 saturated heterocycles. The van der Waals surface area contributed by atoms with Gasteiger partial charge in [-0.1, -0.05) is 13.0 Å². The van der Waals surface area contributed by atoms with Crippen LogP contribution in [0.25, 0.3) is 10.9 Å². The number of rotatable bonds is 7. The van der Waals surface area contributed by atoms with Crippen LogP contribution in [0.15, 0.2) is 36.5 Å². The van der Waals surface area contributed by atoms with E-state index in [0.29, 0.717) is 19.6 Å². The highest BCUT2D eigenvalue weighted by atomic mass is 16.5. The van der Waals surface area contributed by atoms with Crippen LogP contribution in [-0.2, 0) is 4.79 Å². The Balaban J connectivity index is 2.07. The van der Waals surface area contributed by atoms with Gasteiger partial charge in [0.2, 0.25) is 0 Å². The molecule has 0 bridgehead atoms. The predicted octanol–water partition coefficient (Wildman–Crippen LogP) is 2.46. The lowest BCUT2D eigenvalue weighted by molar-refractivity contribution is -0.144. The molecule has 0 fully saturated rings. The second-order valence-electron chi connectivity index (χ2n) is 5.09. The largest absolute Gasteiger partial charge is 0.493 e. The third-order valence-corrected chi connectivity index (χ3v) is 3.50. The van der Waals surface area contributed by atoms with Gasteiger partial charge in [0.15, 0.2) is 0 Å². The quantitative estimate of drug-likeness (QED) is 0.819. The van der Waals surface area contributed by atoms with Gasteiger partial charge in [-0.05, 0) is 37.7 Å². The molecule has 0 aliphatic rings. The Kier molecular flexibility index (Phi) is 4.75. The first-order valence-corrected chi connectivity index (χ1v) is 7.02. The summed E-state index contributed by atoms with van der Waals surface area (Å²) in [6.45, 7) is 4.48. The van der Waals surface area contributed by atoms with Crippen LogP contribution in [0.5, 0.6) is 5.75 Å². The topological polar surface area (TPSA) is 71.5 Å². The Morgan fingerprint density at radius 3 is 2.90 bits per heavy atom. The first kappa shape index (κ1) is 15.3. The van der Waals surface area contributed by atoms with Crippen LogP contribution in [0.3, 0.4) is 0 Å². The number of nitrogens with zero attached hydrogens (tertiary/aromatic N) is 1. The molecule has 5 heteroatoms. The van der Waals surface area contributed by atoms with Gasteiger partial charge in [-0.3, -0.25) is 9.78 Å². The summed E-state index contributed by atoms with van der Waals surface area (Å²) in [5, 5.41) is 13.2. The number of carbonyl (C=O) groups is 1. The summed E-state index contributed by atoms with van der Waals surface area (Å²) >= 11 is 0. The third kappa shape index (κ3) is 3.49. The number of carboxylic acid groups (broad SMARTS) is 1. The predicted molar refractivity (Wildman–Crippen MR) is 81.6 cm³/mol. The third-order valence-electron chi connectivity index (χ3n) is 3.50. The van der Waals surface area contributed by atoms with E-state index in [4.69, 9.17) is 4.74 Å². The summed E-state index contributed by atoms with van der Waals surface area (Å²) < 4.78 is 5.77. The van der Waals surface area contributed by atoms with Crippen molar-refractivity contribution in [3.8, 4) is 5.75 Å². The van der Waals surface area contributed by atoms with E-state index < -0.39 is 11.5 Å². The Labute approximate surface area is 124 Å². The normalized spacial score (nSPS) is 13.8. The van der Waals surface area contributed by atoms with Crippen molar-refractivity contribution in [3.05, 3.63) is 36.5 Å². The zero-order valence-electron chi connectivity index (χ0n) is 12.3. The molecule has 112 valence electrons. The number of hydrogen-bond acceptors (Lipinski definition) is 4. The number of hydrogen-bond donors (Lipinski definition) is 2.